The summed E-state index contributed by atoms with van der Waals surface area (Å²) in [6.45, 7) is -0.0634. The van der Waals surface area contributed by atoms with Crippen LogP contribution in [0.5, 0.6) is 28.7 Å². The molecule has 3 aliphatic heterocycles. The Kier molecular flexibility index (Phi) is 10.3. The van der Waals surface area contributed by atoms with E-state index in [4.69, 9.17) is 33.2 Å². The van der Waals surface area contributed by atoms with Crippen molar-refractivity contribution in [3.8, 4) is 28.7 Å². The summed E-state index contributed by atoms with van der Waals surface area (Å²) in [4.78, 5) is 11.4. The van der Waals surface area contributed by atoms with Gasteiger partial charge in [-0.15, -0.1) is 0 Å². The van der Waals surface area contributed by atoms with Gasteiger partial charge in [0.1, 0.15) is 78.4 Å². The molecule has 9 N–H and O–H groups in total. The van der Waals surface area contributed by atoms with Gasteiger partial charge in [0.15, 0.2) is 17.6 Å². The zero-order chi connectivity index (χ0) is 34.2. The van der Waals surface area contributed by atoms with Gasteiger partial charge >= 0.3 is 5.97 Å². The van der Waals surface area contributed by atoms with Crippen LogP contribution in [-0.2, 0) is 23.7 Å². The number of aliphatic hydroxyl groups excluding tert-OH is 7. The minimum Gasteiger partial charge on any atom is -0.508 e. The lowest BCUT2D eigenvalue weighted by atomic mass is 9.98. The molecule has 2 aromatic carbocycles. The summed E-state index contributed by atoms with van der Waals surface area (Å²) >= 11 is 0. The summed E-state index contributed by atoms with van der Waals surface area (Å²) < 4.78 is 39.3. The fourth-order valence-corrected chi connectivity index (χ4v) is 5.29. The van der Waals surface area contributed by atoms with E-state index >= 15 is 0 Å². The number of rotatable bonds is 9. The Morgan fingerprint density at radius 3 is 2.09 bits per heavy atom. The zero-order valence-electron chi connectivity index (χ0n) is 25.0. The van der Waals surface area contributed by atoms with E-state index in [9.17, 15) is 50.8 Å². The molecular formula is C30H36O17. The van der Waals surface area contributed by atoms with Gasteiger partial charge in [0.2, 0.25) is 12.6 Å². The number of methoxy groups -OCH3 is 1. The molecule has 17 heteroatoms. The van der Waals surface area contributed by atoms with Gasteiger partial charge in [0, 0.05) is 24.6 Å². The molecule has 2 fully saturated rings. The molecule has 0 saturated carbocycles. The maximum Gasteiger partial charge on any atom is 0.302 e. The van der Waals surface area contributed by atoms with Crippen LogP contribution >= 0.6 is 0 Å². The Balaban J connectivity index is 1.54. The van der Waals surface area contributed by atoms with Gasteiger partial charge in [0.05, 0.1) is 19.3 Å². The number of hydrogen-bond donors (Lipinski definition) is 9. The molecule has 3 heterocycles. The van der Waals surface area contributed by atoms with Crippen LogP contribution < -0.4 is 14.2 Å². The number of benzene rings is 2. The number of ether oxygens (including phenoxy) is 7. The van der Waals surface area contributed by atoms with E-state index in [0.29, 0.717) is 5.56 Å². The smallest absolute Gasteiger partial charge is 0.302 e. The van der Waals surface area contributed by atoms with Crippen molar-refractivity contribution < 1.29 is 83.9 Å². The van der Waals surface area contributed by atoms with Crippen molar-refractivity contribution in [2.24, 2.45) is 0 Å². The number of aromatic hydroxyl groups is 2. The third-order valence-corrected chi connectivity index (χ3v) is 7.85. The molecule has 1 unspecified atom stereocenters. The molecule has 0 aliphatic carbocycles. The predicted molar refractivity (Wildman–Crippen MR) is 153 cm³/mol. The van der Waals surface area contributed by atoms with Crippen molar-refractivity contribution in [3.63, 3.8) is 0 Å². The number of esters is 1. The molecule has 2 aromatic rings. The van der Waals surface area contributed by atoms with E-state index in [-0.39, 0.29) is 40.1 Å². The molecule has 11 atom stereocenters. The Hall–Kier alpha value is -3.91. The first-order chi connectivity index (χ1) is 22.3. The second-order valence-corrected chi connectivity index (χ2v) is 11.1. The molecule has 47 heavy (non-hydrogen) atoms. The maximum absolute atomic E-state index is 11.4. The quantitative estimate of drug-likeness (QED) is 0.133. The highest BCUT2D eigenvalue weighted by molar-refractivity contribution is 5.70. The van der Waals surface area contributed by atoms with Crippen LogP contribution in [0.3, 0.4) is 0 Å². The van der Waals surface area contributed by atoms with Gasteiger partial charge in [-0.05, 0) is 18.2 Å². The highest BCUT2D eigenvalue weighted by atomic mass is 16.7. The molecule has 0 radical (unpaired) electrons. The molecule has 0 amide bonds. The number of carbonyl (C=O) groups is 1. The zero-order valence-corrected chi connectivity index (χ0v) is 25.0. The topological polar surface area (TPSA) is 264 Å². The Morgan fingerprint density at radius 2 is 1.45 bits per heavy atom. The first kappa shape index (κ1) is 34.4. The SMILES string of the molecule is COc1cc(C2Oc3cc(O)cc(O[C@@H]4O[C@@H](CO)[C@H](O)[C@H](O)[C@@H]4O)c3C=C2O[C@@H]2O[C@H](COC(C)=O)[C@H](O)[C@H](O)[C@H]2O)ccc1O. The molecular weight excluding hydrogens is 632 g/mol. The number of carbonyl (C=O) groups excluding carboxylic acids is 1. The van der Waals surface area contributed by atoms with Crippen molar-refractivity contribution in [2.75, 3.05) is 20.3 Å². The average Bonchev–Trinajstić information content (AvgIpc) is 3.04. The van der Waals surface area contributed by atoms with E-state index in [1.54, 1.807) is 0 Å². The Morgan fingerprint density at radius 1 is 0.809 bits per heavy atom. The van der Waals surface area contributed by atoms with Crippen molar-refractivity contribution >= 4 is 12.0 Å². The molecule has 2 saturated heterocycles. The van der Waals surface area contributed by atoms with Crippen molar-refractivity contribution in [2.45, 2.75) is 74.4 Å². The van der Waals surface area contributed by atoms with Crippen LogP contribution in [0.15, 0.2) is 36.1 Å². The van der Waals surface area contributed by atoms with Gasteiger partial charge in [-0.1, -0.05) is 6.07 Å². The molecule has 3 aliphatic rings. The fraction of sp³-hybridized carbons (Fsp3) is 0.500. The summed E-state index contributed by atoms with van der Waals surface area (Å²) in [7, 11) is 1.33. The summed E-state index contributed by atoms with van der Waals surface area (Å²) in [6, 6.07) is 6.58. The lowest BCUT2D eigenvalue weighted by molar-refractivity contribution is -0.294. The Labute approximate surface area is 266 Å². The second kappa shape index (κ2) is 14.1. The van der Waals surface area contributed by atoms with E-state index in [2.05, 4.69) is 0 Å². The molecule has 0 bridgehead atoms. The molecule has 17 nitrogen and oxygen atoms in total. The maximum atomic E-state index is 11.4. The van der Waals surface area contributed by atoms with Gasteiger partial charge in [-0.25, -0.2) is 0 Å². The second-order valence-electron chi connectivity index (χ2n) is 11.1. The number of fused-ring (bicyclic) bond motifs is 1. The van der Waals surface area contributed by atoms with Gasteiger partial charge in [-0.2, -0.15) is 0 Å². The molecule has 0 spiro atoms. The van der Waals surface area contributed by atoms with E-state index in [1.807, 2.05) is 0 Å². The van der Waals surface area contributed by atoms with Crippen molar-refractivity contribution in [3.05, 3.63) is 47.2 Å². The van der Waals surface area contributed by atoms with Gasteiger partial charge < -0.3 is 79.1 Å². The van der Waals surface area contributed by atoms with E-state index in [0.717, 1.165) is 13.0 Å². The lowest BCUT2D eigenvalue weighted by Gasteiger charge is -2.41. The molecule has 258 valence electrons. The fourth-order valence-electron chi connectivity index (χ4n) is 5.29. The van der Waals surface area contributed by atoms with E-state index < -0.39 is 86.7 Å². The van der Waals surface area contributed by atoms with Crippen LogP contribution in [-0.4, -0.2) is 134 Å². The average molecular weight is 669 g/mol. The summed E-state index contributed by atoms with van der Waals surface area (Å²) in [6.07, 6.45) is -16.2. The van der Waals surface area contributed by atoms with Crippen LogP contribution in [0.4, 0.5) is 0 Å². The standard InChI is InChI=1S/C30H36O17/c1-11(32)42-10-21-23(36)25(38)27(40)30(47-21)45-19-8-14-16(43-28(19)12-3-4-15(34)18(5-12)41-2)6-13(33)7-17(14)44-29-26(39)24(37)22(35)20(9-31)46-29/h3-8,20-31,33-40H,9-10H2,1-2H3/t20-,21+,22-,23-,24-,25-,26-,27+,28?,29+,30+/m0/s1. The summed E-state index contributed by atoms with van der Waals surface area (Å²) in [5.41, 5.74) is 0.415. The normalized spacial score (nSPS) is 33.6. The van der Waals surface area contributed by atoms with Gasteiger partial charge in [0.25, 0.3) is 0 Å². The molecule has 5 rings (SSSR count). The predicted octanol–water partition coefficient (Wildman–Crippen LogP) is -1.85. The van der Waals surface area contributed by atoms with Crippen molar-refractivity contribution in [1.29, 1.82) is 0 Å². The van der Waals surface area contributed by atoms with Gasteiger partial charge in [-0.3, -0.25) is 4.79 Å². The van der Waals surface area contributed by atoms with Crippen LogP contribution in [0.1, 0.15) is 24.2 Å². The number of aliphatic hydroxyl groups is 7. The van der Waals surface area contributed by atoms with Crippen LogP contribution in [0.2, 0.25) is 0 Å². The number of hydrogen-bond acceptors (Lipinski definition) is 17. The summed E-state index contributed by atoms with van der Waals surface area (Å²) in [5, 5.41) is 92.9. The minimum absolute atomic E-state index is 0.00212. The van der Waals surface area contributed by atoms with Crippen LogP contribution in [0.25, 0.3) is 6.08 Å². The minimum atomic E-state index is -1.82. The first-order valence-electron chi connectivity index (χ1n) is 14.4. The first-order valence-corrected chi connectivity index (χ1v) is 14.4. The highest BCUT2D eigenvalue weighted by Gasteiger charge is 2.47. The van der Waals surface area contributed by atoms with E-state index in [1.165, 1.54) is 37.5 Å². The number of phenols is 2. The third-order valence-electron chi connectivity index (χ3n) is 7.85. The third kappa shape index (κ3) is 7.03. The Bertz CT molecular complexity index is 1460. The number of phenolic OH excluding ortho intramolecular Hbond substituents is 2. The largest absolute Gasteiger partial charge is 0.508 e. The highest BCUT2D eigenvalue weighted by Crippen LogP contribution is 2.46. The molecule has 0 aromatic heterocycles. The summed E-state index contributed by atoms with van der Waals surface area (Å²) in [5.74, 6) is -1.46. The lowest BCUT2D eigenvalue weighted by Crippen LogP contribution is -2.60. The van der Waals surface area contributed by atoms with Crippen LogP contribution in [0, 0.1) is 0 Å². The monoisotopic (exact) mass is 668 g/mol. The van der Waals surface area contributed by atoms with Crippen molar-refractivity contribution in [1.82, 2.24) is 0 Å².